The van der Waals surface area contributed by atoms with Crippen LogP contribution < -0.4 is 9.47 Å². The highest BCUT2D eigenvalue weighted by molar-refractivity contribution is 9.10. The van der Waals surface area contributed by atoms with E-state index in [-0.39, 0.29) is 6.61 Å². The van der Waals surface area contributed by atoms with Gasteiger partial charge in [-0.3, -0.25) is 0 Å². The number of carbonyl (C=O) groups is 1. The molecule has 0 unspecified atom stereocenters. The fraction of sp³-hybridized carbons (Fsp3) is 0.174. The Morgan fingerprint density at radius 2 is 1.37 bits per heavy atom. The molecule has 3 aromatic carbocycles. The number of benzene rings is 3. The van der Waals surface area contributed by atoms with Gasteiger partial charge in [0.2, 0.25) is 0 Å². The third kappa shape index (κ3) is 4.98. The first-order chi connectivity index (χ1) is 12.9. The van der Waals surface area contributed by atoms with Gasteiger partial charge in [0, 0.05) is 4.47 Å². The average molecular weight is 425 g/mol. The molecule has 138 valence electrons. The Bertz CT molecular complexity index is 921. The number of ether oxygens (including phenoxy) is 2. The molecule has 0 atom stereocenters. The SMILES string of the molecule is Cc1ccc(-c2ccc(OCC(=O)Oc3c(C)cc(Br)cc3C)cc2)cc1. The minimum Gasteiger partial charge on any atom is -0.482 e. The van der Waals surface area contributed by atoms with Crippen LogP contribution in [0.1, 0.15) is 16.7 Å². The molecule has 0 aromatic heterocycles. The molecular weight excluding hydrogens is 404 g/mol. The number of hydrogen-bond donors (Lipinski definition) is 0. The van der Waals surface area contributed by atoms with Gasteiger partial charge in [-0.05, 0) is 67.3 Å². The van der Waals surface area contributed by atoms with Crippen molar-refractivity contribution in [3.05, 3.63) is 81.8 Å². The van der Waals surface area contributed by atoms with Gasteiger partial charge in [0.05, 0.1) is 0 Å². The summed E-state index contributed by atoms with van der Waals surface area (Å²) in [7, 11) is 0. The lowest BCUT2D eigenvalue weighted by Gasteiger charge is -2.12. The summed E-state index contributed by atoms with van der Waals surface area (Å²) in [5.41, 5.74) is 5.28. The molecular formula is C23H21BrO3. The van der Waals surface area contributed by atoms with Crippen molar-refractivity contribution in [2.75, 3.05) is 6.61 Å². The summed E-state index contributed by atoms with van der Waals surface area (Å²) in [5, 5.41) is 0. The molecule has 3 nitrogen and oxygen atoms in total. The fourth-order valence-electron chi connectivity index (χ4n) is 2.83. The molecule has 4 heteroatoms. The van der Waals surface area contributed by atoms with Crippen molar-refractivity contribution < 1.29 is 14.3 Å². The molecule has 0 saturated heterocycles. The van der Waals surface area contributed by atoms with Gasteiger partial charge in [0.15, 0.2) is 6.61 Å². The Labute approximate surface area is 168 Å². The van der Waals surface area contributed by atoms with E-state index in [1.54, 1.807) is 0 Å². The second-order valence-corrected chi connectivity index (χ2v) is 7.44. The number of halogens is 1. The zero-order valence-corrected chi connectivity index (χ0v) is 17.2. The Morgan fingerprint density at radius 3 is 1.93 bits per heavy atom. The van der Waals surface area contributed by atoms with Crippen molar-refractivity contribution in [2.24, 2.45) is 0 Å². The van der Waals surface area contributed by atoms with E-state index in [1.807, 2.05) is 50.2 Å². The molecule has 0 aliphatic rings. The van der Waals surface area contributed by atoms with Crippen molar-refractivity contribution in [1.82, 2.24) is 0 Å². The summed E-state index contributed by atoms with van der Waals surface area (Å²) in [5.74, 6) is 0.791. The first-order valence-electron chi connectivity index (χ1n) is 8.70. The molecule has 0 spiro atoms. The van der Waals surface area contributed by atoms with Crippen LogP contribution in [0.4, 0.5) is 0 Å². The highest BCUT2D eigenvalue weighted by Crippen LogP contribution is 2.27. The lowest BCUT2D eigenvalue weighted by Crippen LogP contribution is -2.18. The first kappa shape index (κ1) is 19.2. The maximum atomic E-state index is 12.1. The van der Waals surface area contributed by atoms with E-state index in [0.717, 1.165) is 26.7 Å². The highest BCUT2D eigenvalue weighted by atomic mass is 79.9. The van der Waals surface area contributed by atoms with Crippen LogP contribution in [0.15, 0.2) is 65.1 Å². The maximum absolute atomic E-state index is 12.1. The Kier molecular flexibility index (Phi) is 5.97. The molecule has 0 amide bonds. The summed E-state index contributed by atoms with van der Waals surface area (Å²) in [6.45, 7) is 5.74. The molecule has 0 radical (unpaired) electrons. The molecule has 3 rings (SSSR count). The summed E-state index contributed by atoms with van der Waals surface area (Å²) < 4.78 is 12.0. The summed E-state index contributed by atoms with van der Waals surface area (Å²) in [6, 6.07) is 19.9. The van der Waals surface area contributed by atoms with Crippen LogP contribution in [0.25, 0.3) is 11.1 Å². The molecule has 0 aliphatic heterocycles. The molecule has 27 heavy (non-hydrogen) atoms. The van der Waals surface area contributed by atoms with Gasteiger partial charge in [-0.25, -0.2) is 4.79 Å². The number of aryl methyl sites for hydroxylation is 3. The van der Waals surface area contributed by atoms with Crippen LogP contribution in [0.5, 0.6) is 11.5 Å². The van der Waals surface area contributed by atoms with Crippen LogP contribution >= 0.6 is 15.9 Å². The molecule has 0 N–H and O–H groups in total. The van der Waals surface area contributed by atoms with E-state index in [2.05, 4.69) is 47.1 Å². The van der Waals surface area contributed by atoms with E-state index >= 15 is 0 Å². The highest BCUT2D eigenvalue weighted by Gasteiger charge is 2.12. The standard InChI is InChI=1S/C23H21BrO3/c1-15-4-6-18(7-5-15)19-8-10-21(11-9-19)26-14-22(25)27-23-16(2)12-20(24)13-17(23)3/h4-13H,14H2,1-3H3. The predicted octanol–water partition coefficient (Wildman–Crippen LogP) is 6.03. The quantitative estimate of drug-likeness (QED) is 0.370. The number of rotatable bonds is 5. The largest absolute Gasteiger partial charge is 0.482 e. The van der Waals surface area contributed by atoms with Gasteiger partial charge in [0.1, 0.15) is 11.5 Å². The smallest absolute Gasteiger partial charge is 0.349 e. The fourth-order valence-corrected chi connectivity index (χ4v) is 3.52. The third-order valence-electron chi connectivity index (χ3n) is 4.24. The van der Waals surface area contributed by atoms with Crippen LogP contribution in [0, 0.1) is 20.8 Å². The number of esters is 1. The van der Waals surface area contributed by atoms with Crippen molar-refractivity contribution in [2.45, 2.75) is 20.8 Å². The van der Waals surface area contributed by atoms with Gasteiger partial charge in [-0.2, -0.15) is 0 Å². The van der Waals surface area contributed by atoms with Gasteiger partial charge < -0.3 is 9.47 Å². The van der Waals surface area contributed by atoms with Crippen molar-refractivity contribution >= 4 is 21.9 Å². The van der Waals surface area contributed by atoms with E-state index in [4.69, 9.17) is 9.47 Å². The minimum absolute atomic E-state index is 0.140. The summed E-state index contributed by atoms with van der Waals surface area (Å²) in [4.78, 5) is 12.1. The van der Waals surface area contributed by atoms with Crippen molar-refractivity contribution in [1.29, 1.82) is 0 Å². The Balaban J connectivity index is 1.60. The van der Waals surface area contributed by atoms with Crippen molar-refractivity contribution in [3.8, 4) is 22.6 Å². The summed E-state index contributed by atoms with van der Waals surface area (Å²) >= 11 is 3.44. The zero-order chi connectivity index (χ0) is 19.4. The Hall–Kier alpha value is -2.59. The Morgan fingerprint density at radius 1 is 0.852 bits per heavy atom. The second-order valence-electron chi connectivity index (χ2n) is 6.52. The molecule has 0 fully saturated rings. The van der Waals surface area contributed by atoms with Crippen LogP contribution in [0.3, 0.4) is 0 Å². The van der Waals surface area contributed by atoms with Crippen LogP contribution in [-0.2, 0) is 4.79 Å². The second kappa shape index (κ2) is 8.40. The van der Waals surface area contributed by atoms with Gasteiger partial charge in [-0.15, -0.1) is 0 Å². The van der Waals surface area contributed by atoms with Crippen molar-refractivity contribution in [3.63, 3.8) is 0 Å². The molecule has 0 heterocycles. The normalized spacial score (nSPS) is 10.5. The van der Waals surface area contributed by atoms with Gasteiger partial charge >= 0.3 is 5.97 Å². The molecule has 0 aliphatic carbocycles. The monoisotopic (exact) mass is 424 g/mol. The van der Waals surface area contributed by atoms with E-state index in [9.17, 15) is 4.79 Å². The first-order valence-corrected chi connectivity index (χ1v) is 9.49. The number of carbonyl (C=O) groups excluding carboxylic acids is 1. The average Bonchev–Trinajstić information content (AvgIpc) is 2.64. The number of hydrogen-bond acceptors (Lipinski definition) is 3. The van der Waals surface area contributed by atoms with E-state index < -0.39 is 5.97 Å². The maximum Gasteiger partial charge on any atom is 0.349 e. The molecule has 0 bridgehead atoms. The minimum atomic E-state index is -0.425. The lowest BCUT2D eigenvalue weighted by molar-refractivity contribution is -0.136. The summed E-state index contributed by atoms with van der Waals surface area (Å²) in [6.07, 6.45) is 0. The van der Waals surface area contributed by atoms with E-state index in [1.165, 1.54) is 5.56 Å². The topological polar surface area (TPSA) is 35.5 Å². The van der Waals surface area contributed by atoms with Crippen LogP contribution in [0.2, 0.25) is 0 Å². The van der Waals surface area contributed by atoms with Gasteiger partial charge in [-0.1, -0.05) is 57.9 Å². The van der Waals surface area contributed by atoms with Crippen LogP contribution in [-0.4, -0.2) is 12.6 Å². The molecule has 3 aromatic rings. The van der Waals surface area contributed by atoms with Gasteiger partial charge in [0.25, 0.3) is 0 Å². The predicted molar refractivity (Wildman–Crippen MR) is 111 cm³/mol. The molecule has 0 saturated carbocycles. The van der Waals surface area contributed by atoms with E-state index in [0.29, 0.717) is 11.5 Å². The lowest BCUT2D eigenvalue weighted by atomic mass is 10.0. The zero-order valence-electron chi connectivity index (χ0n) is 15.6. The third-order valence-corrected chi connectivity index (χ3v) is 4.69.